The van der Waals surface area contributed by atoms with Gasteiger partial charge in [0.15, 0.2) is 22.0 Å². The van der Waals surface area contributed by atoms with E-state index in [1.165, 1.54) is 18.2 Å². The lowest BCUT2D eigenvalue weighted by Gasteiger charge is -2.11. The molecule has 3 nitrogen and oxygen atoms in total. The van der Waals surface area contributed by atoms with Gasteiger partial charge in [-0.25, -0.2) is 0 Å². The number of nitrogens with one attached hydrogen (secondary N) is 1. The maximum atomic E-state index is 12.7. The van der Waals surface area contributed by atoms with E-state index in [1.54, 1.807) is 12.1 Å². The molecule has 0 spiro atoms. The first-order valence-corrected chi connectivity index (χ1v) is 7.32. The van der Waals surface area contributed by atoms with Crippen molar-refractivity contribution >= 4 is 43.8 Å². The monoisotopic (exact) mass is 437 g/mol. The van der Waals surface area contributed by atoms with Gasteiger partial charge in [-0.3, -0.25) is 4.79 Å². The molecule has 8 heteroatoms. The number of hydrogen-bond donors (Lipinski definition) is 1. The molecular formula is C14H8Br2F3NO2. The maximum absolute atomic E-state index is 12.7. The van der Waals surface area contributed by atoms with Crippen molar-refractivity contribution in [3.63, 3.8) is 0 Å². The highest BCUT2D eigenvalue weighted by Gasteiger charge is 2.30. The van der Waals surface area contributed by atoms with Gasteiger partial charge in [-0.15, -0.1) is 0 Å². The van der Waals surface area contributed by atoms with E-state index in [0.717, 1.165) is 12.1 Å². The molecule has 0 aliphatic heterocycles. The van der Waals surface area contributed by atoms with Crippen LogP contribution in [0.15, 0.2) is 46.9 Å². The normalized spacial score (nSPS) is 11.1. The molecule has 0 aliphatic carbocycles. The van der Waals surface area contributed by atoms with Crippen LogP contribution in [0.3, 0.4) is 0 Å². The smallest absolute Gasteiger partial charge is 0.416 e. The molecule has 2 rings (SSSR count). The third kappa shape index (κ3) is 3.80. The fourth-order valence-corrected chi connectivity index (χ4v) is 2.75. The van der Waals surface area contributed by atoms with Crippen LogP contribution >= 0.6 is 32.2 Å². The van der Waals surface area contributed by atoms with Gasteiger partial charge in [0.2, 0.25) is 0 Å². The molecule has 1 N–H and O–H groups in total. The summed E-state index contributed by atoms with van der Waals surface area (Å²) in [5.74, 6) is -0.359. The van der Waals surface area contributed by atoms with Crippen LogP contribution in [0.25, 0.3) is 0 Å². The Kier molecular flexibility index (Phi) is 5.12. The van der Waals surface area contributed by atoms with E-state index in [1.807, 2.05) is 0 Å². The van der Waals surface area contributed by atoms with E-state index in [9.17, 15) is 18.0 Å². The van der Waals surface area contributed by atoms with E-state index >= 15 is 0 Å². The zero-order chi connectivity index (χ0) is 16.3. The summed E-state index contributed by atoms with van der Waals surface area (Å²) in [5.41, 5.74) is -0.625. The molecule has 0 bridgehead atoms. The van der Waals surface area contributed by atoms with Gasteiger partial charge in [0, 0.05) is 5.69 Å². The minimum Gasteiger partial charge on any atom is -0.416 e. The molecular weight excluding hydrogens is 431 g/mol. The fraction of sp³-hybridized carbons (Fsp3) is 0.0714. The van der Waals surface area contributed by atoms with Crippen LogP contribution in [-0.2, 0) is 6.18 Å². The first-order valence-electron chi connectivity index (χ1n) is 5.88. The summed E-state index contributed by atoms with van der Waals surface area (Å²) < 4.78 is 43.4. The molecule has 0 unspecified atom stereocenters. The second-order valence-electron chi connectivity index (χ2n) is 4.23. The number of carbonyl (C=O) groups is 1. The highest BCUT2D eigenvalue weighted by molar-refractivity contribution is 9.10. The highest BCUT2D eigenvalue weighted by Crippen LogP contribution is 2.32. The Morgan fingerprint density at radius 3 is 2.45 bits per heavy atom. The molecule has 22 heavy (non-hydrogen) atoms. The fourth-order valence-electron chi connectivity index (χ4n) is 1.74. The molecule has 116 valence electrons. The molecule has 2 aromatic rings. The summed E-state index contributed by atoms with van der Waals surface area (Å²) in [6.45, 7) is 0. The quantitative estimate of drug-likeness (QED) is 0.695. The lowest BCUT2D eigenvalue weighted by molar-refractivity contribution is -0.137. The number of benzene rings is 2. The summed E-state index contributed by atoms with van der Waals surface area (Å²) in [7, 11) is 0. The van der Waals surface area contributed by atoms with Gasteiger partial charge in [-0.1, -0.05) is 12.1 Å². The predicted octanol–water partition coefficient (Wildman–Crippen LogP) is 5.41. The average molecular weight is 439 g/mol. The largest absolute Gasteiger partial charge is 0.416 e. The van der Waals surface area contributed by atoms with Crippen molar-refractivity contribution in [2.24, 2.45) is 0 Å². The number of carbonyl (C=O) groups excluding carboxylic acids is 1. The van der Waals surface area contributed by atoms with E-state index in [0.29, 0.717) is 4.47 Å². The van der Waals surface area contributed by atoms with Gasteiger partial charge < -0.3 is 9.15 Å². The highest BCUT2D eigenvalue weighted by atomic mass is 79.9. The lowest BCUT2D eigenvalue weighted by atomic mass is 10.1. The zero-order valence-electron chi connectivity index (χ0n) is 10.7. The van der Waals surface area contributed by atoms with Crippen molar-refractivity contribution in [3.8, 4) is 5.75 Å². The second-order valence-corrected chi connectivity index (χ2v) is 5.40. The Hall–Kier alpha value is -1.54. The van der Waals surface area contributed by atoms with E-state index in [2.05, 4.69) is 37.5 Å². The number of halogens is 5. The number of hydrogen-bond acceptors (Lipinski definition) is 2. The minimum atomic E-state index is -4.47. The van der Waals surface area contributed by atoms with Gasteiger partial charge in [0.05, 0.1) is 15.6 Å². The van der Waals surface area contributed by atoms with Gasteiger partial charge in [0.1, 0.15) is 0 Å². The van der Waals surface area contributed by atoms with Crippen molar-refractivity contribution < 1.29 is 21.8 Å². The lowest BCUT2D eigenvalue weighted by Crippen LogP contribution is -2.14. The first kappa shape index (κ1) is 16.8. The van der Waals surface area contributed by atoms with Crippen LogP contribution in [0.4, 0.5) is 18.9 Å². The summed E-state index contributed by atoms with van der Waals surface area (Å²) in [6.07, 6.45) is -4.47. The van der Waals surface area contributed by atoms with Crippen molar-refractivity contribution in [1.29, 1.82) is 0 Å². The third-order valence-corrected chi connectivity index (χ3v) is 3.68. The Morgan fingerprint density at radius 1 is 1.14 bits per heavy atom. The summed E-state index contributed by atoms with van der Waals surface area (Å²) in [5, 5.41) is 2.41. The maximum Gasteiger partial charge on any atom is 0.416 e. The van der Waals surface area contributed by atoms with Crippen molar-refractivity contribution in [2.75, 3.05) is 5.32 Å². The Bertz CT molecular complexity index is 705. The summed E-state index contributed by atoms with van der Waals surface area (Å²) >= 11 is 6.01. The van der Waals surface area contributed by atoms with Crippen LogP contribution in [-0.4, -0.2) is 5.91 Å². The van der Waals surface area contributed by atoms with Crippen molar-refractivity contribution in [2.45, 2.75) is 6.18 Å². The molecule has 0 saturated carbocycles. The topological polar surface area (TPSA) is 38.3 Å². The molecule has 0 aliphatic rings. The van der Waals surface area contributed by atoms with Crippen LogP contribution in [0.1, 0.15) is 15.9 Å². The number of amides is 1. The minimum absolute atomic E-state index is 0.0420. The standard InChI is InChI=1S/C14H8Br2F3NO2/c15-11-6-2-5-10(12(11)22-16)13(21)20-9-4-1-3-8(7-9)14(17,18)19/h1-7H,(H,20,21). The van der Waals surface area contributed by atoms with Crippen LogP contribution in [0.2, 0.25) is 0 Å². The molecule has 0 fully saturated rings. The Balaban J connectivity index is 2.29. The molecule has 2 aromatic carbocycles. The summed E-state index contributed by atoms with van der Waals surface area (Å²) in [6, 6.07) is 9.16. The van der Waals surface area contributed by atoms with Crippen LogP contribution in [0, 0.1) is 0 Å². The zero-order valence-corrected chi connectivity index (χ0v) is 13.9. The Morgan fingerprint density at radius 2 is 1.82 bits per heavy atom. The molecule has 0 atom stereocenters. The number of para-hydroxylation sites is 1. The van der Waals surface area contributed by atoms with E-state index in [4.69, 9.17) is 3.83 Å². The molecule has 0 radical (unpaired) electrons. The molecule has 0 saturated heterocycles. The van der Waals surface area contributed by atoms with Gasteiger partial charge >= 0.3 is 6.18 Å². The average Bonchev–Trinajstić information content (AvgIpc) is 2.46. The molecule has 0 aromatic heterocycles. The number of rotatable bonds is 3. The van der Waals surface area contributed by atoms with Crippen molar-refractivity contribution in [1.82, 2.24) is 0 Å². The third-order valence-electron chi connectivity index (χ3n) is 2.74. The molecule has 1 amide bonds. The second kappa shape index (κ2) is 6.70. The SMILES string of the molecule is O=C(Nc1cccc(C(F)(F)F)c1)c1cccc(Br)c1OBr. The number of anilines is 1. The van der Waals surface area contributed by atoms with Crippen molar-refractivity contribution in [3.05, 3.63) is 58.1 Å². The predicted molar refractivity (Wildman–Crippen MR) is 83.1 cm³/mol. The van der Waals surface area contributed by atoms with Gasteiger partial charge in [0.25, 0.3) is 5.91 Å². The van der Waals surface area contributed by atoms with E-state index < -0.39 is 17.6 Å². The number of alkyl halides is 3. The summed E-state index contributed by atoms with van der Waals surface area (Å²) in [4.78, 5) is 12.2. The first-order chi connectivity index (χ1) is 10.3. The Labute approximate surface area is 141 Å². The van der Waals surface area contributed by atoms with Crippen LogP contribution in [0.5, 0.6) is 5.75 Å². The van der Waals surface area contributed by atoms with Gasteiger partial charge in [-0.2, -0.15) is 13.2 Å². The molecule has 0 heterocycles. The van der Waals surface area contributed by atoms with E-state index in [-0.39, 0.29) is 17.0 Å². The van der Waals surface area contributed by atoms with Crippen LogP contribution < -0.4 is 9.15 Å². The van der Waals surface area contributed by atoms with Gasteiger partial charge in [-0.05, 0) is 46.3 Å².